The van der Waals surface area contributed by atoms with Gasteiger partial charge >= 0.3 is 0 Å². The highest BCUT2D eigenvalue weighted by molar-refractivity contribution is 7.80. The van der Waals surface area contributed by atoms with Gasteiger partial charge in [-0.1, -0.05) is 56.3 Å². The largest absolute Gasteiger partial charge is 0.492 e. The molecule has 0 atom stereocenters. The molecular formula is C31H30N4O3S. The lowest BCUT2D eigenvalue weighted by Crippen LogP contribution is -2.35. The lowest BCUT2D eigenvalue weighted by molar-refractivity contribution is 0.0972. The number of benzene rings is 4. The number of para-hydroxylation sites is 3. The average molecular weight is 539 g/mol. The number of hydrogen-bond donors (Lipinski definition) is 4. The van der Waals surface area contributed by atoms with E-state index in [1.807, 2.05) is 74.5 Å². The summed E-state index contributed by atoms with van der Waals surface area (Å²) in [6.07, 6.45) is 0. The van der Waals surface area contributed by atoms with Gasteiger partial charge in [-0.15, -0.1) is 0 Å². The zero-order chi connectivity index (χ0) is 27.6. The van der Waals surface area contributed by atoms with Crippen molar-refractivity contribution in [1.29, 1.82) is 0 Å². The normalized spacial score (nSPS) is 10.4. The molecule has 0 radical (unpaired) electrons. The second kappa shape index (κ2) is 13.2. The van der Waals surface area contributed by atoms with Gasteiger partial charge < -0.3 is 20.7 Å². The molecule has 0 saturated heterocycles. The van der Waals surface area contributed by atoms with Crippen LogP contribution >= 0.6 is 12.2 Å². The zero-order valence-electron chi connectivity index (χ0n) is 21.7. The Balaban J connectivity index is 1.38. The molecule has 0 bridgehead atoms. The molecule has 4 aromatic rings. The maximum atomic E-state index is 13.1. The van der Waals surface area contributed by atoms with Gasteiger partial charge in [-0.25, -0.2) is 0 Å². The van der Waals surface area contributed by atoms with E-state index in [0.29, 0.717) is 40.8 Å². The number of nitrogens with one attached hydrogen (secondary N) is 4. The summed E-state index contributed by atoms with van der Waals surface area (Å²) >= 11 is 5.38. The van der Waals surface area contributed by atoms with Crippen molar-refractivity contribution < 1.29 is 14.3 Å². The molecule has 39 heavy (non-hydrogen) atoms. The van der Waals surface area contributed by atoms with E-state index in [-0.39, 0.29) is 11.0 Å². The molecule has 4 aromatic carbocycles. The monoisotopic (exact) mass is 538 g/mol. The van der Waals surface area contributed by atoms with Crippen molar-refractivity contribution in [2.75, 3.05) is 22.6 Å². The van der Waals surface area contributed by atoms with Crippen LogP contribution in [0.2, 0.25) is 0 Å². The number of anilines is 4. The molecule has 0 heterocycles. The molecule has 4 rings (SSSR count). The van der Waals surface area contributed by atoms with Gasteiger partial charge in [0.2, 0.25) is 0 Å². The zero-order valence-corrected chi connectivity index (χ0v) is 22.5. The highest BCUT2D eigenvalue weighted by Crippen LogP contribution is 2.22. The first kappa shape index (κ1) is 27.3. The number of carbonyl (C=O) groups excluding carboxylic acids is 2. The molecule has 0 aliphatic rings. The fourth-order valence-corrected chi connectivity index (χ4v) is 3.88. The minimum absolute atomic E-state index is 0.0650. The quantitative estimate of drug-likeness (QED) is 0.174. The molecule has 0 unspecified atom stereocenters. The van der Waals surface area contributed by atoms with Crippen molar-refractivity contribution in [2.45, 2.75) is 13.8 Å². The van der Waals surface area contributed by atoms with E-state index in [4.69, 9.17) is 17.0 Å². The van der Waals surface area contributed by atoms with E-state index in [9.17, 15) is 9.59 Å². The molecule has 7 nitrogen and oxygen atoms in total. The van der Waals surface area contributed by atoms with Gasteiger partial charge in [0.25, 0.3) is 11.8 Å². The van der Waals surface area contributed by atoms with Crippen molar-refractivity contribution in [1.82, 2.24) is 5.32 Å². The van der Waals surface area contributed by atoms with Gasteiger partial charge in [0, 0.05) is 17.1 Å². The predicted molar refractivity (Wildman–Crippen MR) is 161 cm³/mol. The SMILES string of the molecule is CC(C)COc1ccccc1C(=O)NC(=S)Nc1ccccc1C(=O)Nc1ccc(Nc2ccccc2)cc1. The van der Waals surface area contributed by atoms with Gasteiger partial charge in [0.1, 0.15) is 5.75 Å². The summed E-state index contributed by atoms with van der Waals surface area (Å²) in [5.41, 5.74) is 3.73. The van der Waals surface area contributed by atoms with E-state index >= 15 is 0 Å². The third-order valence-corrected chi connectivity index (χ3v) is 5.76. The van der Waals surface area contributed by atoms with Gasteiger partial charge in [0.15, 0.2) is 5.11 Å². The second-order valence-electron chi connectivity index (χ2n) is 9.18. The fourth-order valence-electron chi connectivity index (χ4n) is 3.67. The number of ether oxygens (including phenoxy) is 1. The smallest absolute Gasteiger partial charge is 0.261 e. The summed E-state index contributed by atoms with van der Waals surface area (Å²) in [6.45, 7) is 4.56. The Morgan fingerprint density at radius 3 is 2.00 bits per heavy atom. The molecule has 0 fully saturated rings. The third kappa shape index (κ3) is 7.90. The lowest BCUT2D eigenvalue weighted by Gasteiger charge is -2.15. The van der Waals surface area contributed by atoms with Crippen LogP contribution in [0, 0.1) is 5.92 Å². The second-order valence-corrected chi connectivity index (χ2v) is 9.59. The number of hydrogen-bond acceptors (Lipinski definition) is 5. The first-order chi connectivity index (χ1) is 18.9. The van der Waals surface area contributed by atoms with Crippen LogP contribution in [-0.4, -0.2) is 23.5 Å². The van der Waals surface area contributed by atoms with Crippen molar-refractivity contribution >= 4 is 51.9 Å². The lowest BCUT2D eigenvalue weighted by atomic mass is 10.1. The third-order valence-electron chi connectivity index (χ3n) is 5.56. The number of amides is 2. The van der Waals surface area contributed by atoms with Crippen LogP contribution < -0.4 is 26.0 Å². The fraction of sp³-hybridized carbons (Fsp3) is 0.129. The summed E-state index contributed by atoms with van der Waals surface area (Å²) in [7, 11) is 0. The molecule has 198 valence electrons. The molecule has 0 aliphatic carbocycles. The Morgan fingerprint density at radius 1 is 0.692 bits per heavy atom. The Hall–Kier alpha value is -4.69. The topological polar surface area (TPSA) is 91.5 Å². The van der Waals surface area contributed by atoms with E-state index in [0.717, 1.165) is 11.4 Å². The molecule has 8 heteroatoms. The van der Waals surface area contributed by atoms with Crippen molar-refractivity contribution in [3.05, 3.63) is 114 Å². The van der Waals surface area contributed by atoms with Gasteiger partial charge in [0.05, 0.1) is 23.4 Å². The van der Waals surface area contributed by atoms with Crippen LogP contribution in [0.4, 0.5) is 22.7 Å². The number of thiocarbonyl (C=S) groups is 1. The number of carbonyl (C=O) groups is 2. The predicted octanol–water partition coefficient (Wildman–Crippen LogP) is 6.84. The highest BCUT2D eigenvalue weighted by Gasteiger charge is 2.16. The average Bonchev–Trinajstić information content (AvgIpc) is 2.94. The van der Waals surface area contributed by atoms with E-state index < -0.39 is 5.91 Å². The minimum Gasteiger partial charge on any atom is -0.492 e. The van der Waals surface area contributed by atoms with Crippen molar-refractivity contribution in [3.8, 4) is 5.75 Å². The van der Waals surface area contributed by atoms with Crippen molar-refractivity contribution in [2.24, 2.45) is 5.92 Å². The van der Waals surface area contributed by atoms with Crippen LogP contribution in [0.25, 0.3) is 0 Å². The molecule has 0 aromatic heterocycles. The van der Waals surface area contributed by atoms with Crippen LogP contribution in [-0.2, 0) is 0 Å². The Labute approximate surface area is 233 Å². The van der Waals surface area contributed by atoms with Gasteiger partial charge in [-0.05, 0) is 78.8 Å². The summed E-state index contributed by atoms with van der Waals surface area (Å²) in [5.74, 6) is 0.0769. The maximum Gasteiger partial charge on any atom is 0.261 e. The van der Waals surface area contributed by atoms with Crippen LogP contribution in [0.1, 0.15) is 34.6 Å². The standard InChI is InChI=1S/C31H30N4O3S/c1-21(2)20-38-28-15-9-7-13-26(28)30(37)35-31(39)34-27-14-8-6-12-25(27)29(36)33-24-18-16-23(17-19-24)32-22-10-4-3-5-11-22/h3-19,21,32H,20H2,1-2H3,(H,33,36)(H2,34,35,37,39). The Bertz CT molecular complexity index is 1440. The van der Waals surface area contributed by atoms with E-state index in [1.165, 1.54) is 0 Å². The van der Waals surface area contributed by atoms with Gasteiger partial charge in [-0.3, -0.25) is 14.9 Å². The Kier molecular flexibility index (Phi) is 9.26. The summed E-state index contributed by atoms with van der Waals surface area (Å²) in [6, 6.07) is 31.2. The summed E-state index contributed by atoms with van der Waals surface area (Å²) < 4.78 is 5.78. The van der Waals surface area contributed by atoms with Crippen LogP contribution in [0.15, 0.2) is 103 Å². The summed E-state index contributed by atoms with van der Waals surface area (Å²) in [4.78, 5) is 26.0. The molecule has 2 amide bonds. The number of rotatable bonds is 9. The minimum atomic E-state index is -0.405. The molecule has 0 aliphatic heterocycles. The Morgan fingerprint density at radius 2 is 1.28 bits per heavy atom. The highest BCUT2D eigenvalue weighted by atomic mass is 32.1. The molecule has 0 spiro atoms. The van der Waals surface area contributed by atoms with Crippen LogP contribution in [0.3, 0.4) is 0 Å². The molecular weight excluding hydrogens is 508 g/mol. The van der Waals surface area contributed by atoms with Gasteiger partial charge in [-0.2, -0.15) is 0 Å². The first-order valence-electron chi connectivity index (χ1n) is 12.6. The summed E-state index contributed by atoms with van der Waals surface area (Å²) in [5, 5.41) is 11.9. The van der Waals surface area contributed by atoms with Crippen molar-refractivity contribution in [3.63, 3.8) is 0 Å². The van der Waals surface area contributed by atoms with Crippen LogP contribution in [0.5, 0.6) is 5.75 Å². The molecule has 0 saturated carbocycles. The first-order valence-corrected chi connectivity index (χ1v) is 13.0. The van der Waals surface area contributed by atoms with E-state index in [2.05, 4.69) is 21.3 Å². The maximum absolute atomic E-state index is 13.1. The molecule has 4 N–H and O–H groups in total. The van der Waals surface area contributed by atoms with E-state index in [1.54, 1.807) is 42.5 Å².